The number of amides is 2. The standard InChI is InChI=1S/C16H25N3O2.ClH/c1-4-9-18-15(20)12-7-6-8-13(10-12)19-16(21)14(17)11(3)5-2;/h6-8,10-11,14H,4-5,9,17H2,1-3H3,(H,18,20)(H,19,21);1H. The van der Waals surface area contributed by atoms with Crippen molar-refractivity contribution in [1.29, 1.82) is 0 Å². The Bertz CT molecular complexity index is 494. The molecular formula is C16H26ClN3O2. The van der Waals surface area contributed by atoms with E-state index in [2.05, 4.69) is 10.6 Å². The van der Waals surface area contributed by atoms with Crippen molar-refractivity contribution in [2.24, 2.45) is 11.7 Å². The molecule has 1 aromatic rings. The minimum Gasteiger partial charge on any atom is -0.352 e. The molecule has 0 heterocycles. The number of nitrogens with one attached hydrogen (secondary N) is 2. The average molecular weight is 328 g/mol. The van der Waals surface area contributed by atoms with Crippen LogP contribution in [0.25, 0.3) is 0 Å². The van der Waals surface area contributed by atoms with Crippen LogP contribution in [-0.4, -0.2) is 24.4 Å². The van der Waals surface area contributed by atoms with Gasteiger partial charge in [-0.25, -0.2) is 0 Å². The van der Waals surface area contributed by atoms with E-state index in [0.29, 0.717) is 17.8 Å². The van der Waals surface area contributed by atoms with Gasteiger partial charge in [0.15, 0.2) is 0 Å². The van der Waals surface area contributed by atoms with E-state index < -0.39 is 6.04 Å². The van der Waals surface area contributed by atoms with Crippen LogP contribution in [0.1, 0.15) is 44.0 Å². The fraction of sp³-hybridized carbons (Fsp3) is 0.500. The van der Waals surface area contributed by atoms with E-state index in [1.54, 1.807) is 24.3 Å². The summed E-state index contributed by atoms with van der Waals surface area (Å²) < 4.78 is 0. The molecule has 0 saturated carbocycles. The van der Waals surface area contributed by atoms with Crippen LogP contribution in [0.15, 0.2) is 24.3 Å². The highest BCUT2D eigenvalue weighted by Crippen LogP contribution is 2.13. The highest BCUT2D eigenvalue weighted by molar-refractivity contribution is 5.98. The topological polar surface area (TPSA) is 84.2 Å². The van der Waals surface area contributed by atoms with Crippen molar-refractivity contribution >= 4 is 29.9 Å². The third-order valence-corrected chi connectivity index (χ3v) is 3.49. The van der Waals surface area contributed by atoms with E-state index in [4.69, 9.17) is 5.73 Å². The monoisotopic (exact) mass is 327 g/mol. The van der Waals surface area contributed by atoms with Crippen molar-refractivity contribution in [3.05, 3.63) is 29.8 Å². The Morgan fingerprint density at radius 2 is 1.95 bits per heavy atom. The normalized spacial score (nSPS) is 12.7. The molecule has 0 fully saturated rings. The zero-order valence-corrected chi connectivity index (χ0v) is 14.2. The number of carbonyl (C=O) groups is 2. The van der Waals surface area contributed by atoms with Gasteiger partial charge in [-0.2, -0.15) is 0 Å². The van der Waals surface area contributed by atoms with E-state index in [1.165, 1.54) is 0 Å². The molecule has 5 nitrogen and oxygen atoms in total. The number of hydrogen-bond acceptors (Lipinski definition) is 3. The molecule has 0 radical (unpaired) electrons. The van der Waals surface area contributed by atoms with Crippen molar-refractivity contribution in [3.63, 3.8) is 0 Å². The summed E-state index contributed by atoms with van der Waals surface area (Å²) in [5, 5.41) is 5.57. The van der Waals surface area contributed by atoms with Crippen LogP contribution in [-0.2, 0) is 4.79 Å². The summed E-state index contributed by atoms with van der Waals surface area (Å²) in [6.45, 7) is 6.57. The van der Waals surface area contributed by atoms with Gasteiger partial charge in [0.1, 0.15) is 0 Å². The van der Waals surface area contributed by atoms with Crippen LogP contribution >= 0.6 is 12.4 Å². The molecule has 1 rings (SSSR count). The Morgan fingerprint density at radius 1 is 1.27 bits per heavy atom. The maximum atomic E-state index is 12.0. The van der Waals surface area contributed by atoms with E-state index >= 15 is 0 Å². The minimum atomic E-state index is -0.549. The molecule has 0 aromatic heterocycles. The third kappa shape index (κ3) is 6.03. The first-order chi connectivity index (χ1) is 9.99. The van der Waals surface area contributed by atoms with Gasteiger partial charge < -0.3 is 16.4 Å². The van der Waals surface area contributed by atoms with Crippen LogP contribution < -0.4 is 16.4 Å². The lowest BCUT2D eigenvalue weighted by Crippen LogP contribution is -2.40. The highest BCUT2D eigenvalue weighted by Gasteiger charge is 2.19. The summed E-state index contributed by atoms with van der Waals surface area (Å²) in [5.41, 5.74) is 7.00. The smallest absolute Gasteiger partial charge is 0.251 e. The minimum absolute atomic E-state index is 0. The second kappa shape index (κ2) is 10.2. The van der Waals surface area contributed by atoms with Gasteiger partial charge in [-0.3, -0.25) is 9.59 Å². The third-order valence-electron chi connectivity index (χ3n) is 3.49. The molecule has 2 atom stereocenters. The molecule has 0 aliphatic rings. The predicted octanol–water partition coefficient (Wildman–Crippen LogP) is 2.56. The lowest BCUT2D eigenvalue weighted by molar-refractivity contribution is -0.118. The number of anilines is 1. The van der Waals surface area contributed by atoms with E-state index in [0.717, 1.165) is 12.8 Å². The molecule has 0 aliphatic carbocycles. The van der Waals surface area contributed by atoms with E-state index in [-0.39, 0.29) is 30.1 Å². The molecule has 4 N–H and O–H groups in total. The van der Waals surface area contributed by atoms with Crippen LogP contribution in [0.4, 0.5) is 5.69 Å². The average Bonchev–Trinajstić information content (AvgIpc) is 2.51. The number of hydrogen-bond donors (Lipinski definition) is 3. The molecule has 2 unspecified atom stereocenters. The fourth-order valence-electron chi connectivity index (χ4n) is 1.82. The molecule has 0 aliphatic heterocycles. The van der Waals surface area contributed by atoms with Crippen molar-refractivity contribution in [1.82, 2.24) is 5.32 Å². The van der Waals surface area contributed by atoms with Gasteiger partial charge in [-0.1, -0.05) is 33.3 Å². The van der Waals surface area contributed by atoms with Gasteiger partial charge >= 0.3 is 0 Å². The zero-order valence-electron chi connectivity index (χ0n) is 13.4. The van der Waals surface area contributed by atoms with E-state index in [1.807, 2.05) is 20.8 Å². The summed E-state index contributed by atoms with van der Waals surface area (Å²) in [4.78, 5) is 23.9. The molecule has 0 bridgehead atoms. The quantitative estimate of drug-likeness (QED) is 0.719. The van der Waals surface area contributed by atoms with E-state index in [9.17, 15) is 9.59 Å². The second-order valence-corrected chi connectivity index (χ2v) is 5.24. The fourth-order valence-corrected chi connectivity index (χ4v) is 1.82. The van der Waals surface area contributed by atoms with Crippen LogP contribution in [0.2, 0.25) is 0 Å². The number of halogens is 1. The van der Waals surface area contributed by atoms with Gasteiger partial charge in [0.2, 0.25) is 5.91 Å². The summed E-state index contributed by atoms with van der Waals surface area (Å²) in [5.74, 6) is -0.254. The first-order valence-electron chi connectivity index (χ1n) is 7.44. The van der Waals surface area contributed by atoms with Gasteiger partial charge in [0.25, 0.3) is 5.91 Å². The maximum absolute atomic E-state index is 12.0. The lowest BCUT2D eigenvalue weighted by atomic mass is 9.99. The first-order valence-corrected chi connectivity index (χ1v) is 7.44. The number of carbonyl (C=O) groups excluding carboxylic acids is 2. The number of rotatable bonds is 7. The predicted molar refractivity (Wildman–Crippen MR) is 92.4 cm³/mol. The number of nitrogens with two attached hydrogens (primary N) is 1. The lowest BCUT2D eigenvalue weighted by Gasteiger charge is -2.18. The molecule has 0 saturated heterocycles. The van der Waals surface area contributed by atoms with Gasteiger partial charge in [-0.05, 0) is 30.5 Å². The Labute approximate surface area is 138 Å². The Balaban J connectivity index is 0.00000441. The Kier molecular flexibility index (Phi) is 9.45. The van der Waals surface area contributed by atoms with Crippen molar-refractivity contribution < 1.29 is 9.59 Å². The Morgan fingerprint density at radius 3 is 2.55 bits per heavy atom. The van der Waals surface area contributed by atoms with Crippen molar-refractivity contribution in [3.8, 4) is 0 Å². The summed E-state index contributed by atoms with van der Waals surface area (Å²) in [6.07, 6.45) is 1.72. The number of benzene rings is 1. The molecular weight excluding hydrogens is 302 g/mol. The second-order valence-electron chi connectivity index (χ2n) is 5.24. The molecule has 0 spiro atoms. The van der Waals surface area contributed by atoms with Gasteiger partial charge in [-0.15, -0.1) is 12.4 Å². The Hall–Kier alpha value is -1.59. The van der Waals surface area contributed by atoms with Crippen molar-refractivity contribution in [2.75, 3.05) is 11.9 Å². The first kappa shape index (κ1) is 20.4. The summed E-state index contributed by atoms with van der Waals surface area (Å²) in [7, 11) is 0. The molecule has 1 aromatic carbocycles. The summed E-state index contributed by atoms with van der Waals surface area (Å²) >= 11 is 0. The molecule has 124 valence electrons. The highest BCUT2D eigenvalue weighted by atomic mass is 35.5. The van der Waals surface area contributed by atoms with Crippen molar-refractivity contribution in [2.45, 2.75) is 39.7 Å². The summed E-state index contributed by atoms with van der Waals surface area (Å²) in [6, 6.07) is 6.32. The maximum Gasteiger partial charge on any atom is 0.251 e. The largest absolute Gasteiger partial charge is 0.352 e. The molecule has 2 amide bonds. The zero-order chi connectivity index (χ0) is 15.8. The van der Waals surface area contributed by atoms with Crippen LogP contribution in [0.5, 0.6) is 0 Å². The molecule has 22 heavy (non-hydrogen) atoms. The SMILES string of the molecule is CCCNC(=O)c1cccc(NC(=O)C(N)C(C)CC)c1.Cl. The van der Waals surface area contributed by atoms with Crippen LogP contribution in [0, 0.1) is 5.92 Å². The van der Waals surface area contributed by atoms with Gasteiger partial charge in [0, 0.05) is 17.8 Å². The van der Waals surface area contributed by atoms with Crippen LogP contribution in [0.3, 0.4) is 0 Å². The van der Waals surface area contributed by atoms with Gasteiger partial charge in [0.05, 0.1) is 6.04 Å². The molecule has 6 heteroatoms.